The van der Waals surface area contributed by atoms with E-state index in [9.17, 15) is 14.4 Å². The van der Waals surface area contributed by atoms with Crippen molar-refractivity contribution in [3.8, 4) is 17.2 Å². The number of benzene rings is 2. The SMILES string of the molecule is CC=CC=C(C)C(C(=O)N1CCCCC1C(=O)OC(CCc1ccc(OC)c(OC)c1)c1cccc(OCC(=O)O)c1)C1CCCCC1. The second-order valence-corrected chi connectivity index (χ2v) is 12.8. The molecular formula is C39H51NO8. The average molecular weight is 662 g/mol. The molecule has 2 aromatic rings. The van der Waals surface area contributed by atoms with Crippen LogP contribution >= 0.6 is 0 Å². The van der Waals surface area contributed by atoms with E-state index in [0.717, 1.165) is 49.7 Å². The zero-order valence-corrected chi connectivity index (χ0v) is 28.8. The Morgan fingerprint density at radius 1 is 0.958 bits per heavy atom. The van der Waals surface area contributed by atoms with Gasteiger partial charge in [0.1, 0.15) is 17.9 Å². The zero-order valence-electron chi connectivity index (χ0n) is 28.8. The molecule has 0 aromatic heterocycles. The summed E-state index contributed by atoms with van der Waals surface area (Å²) in [6.07, 6.45) is 14.0. The molecule has 0 bridgehead atoms. The van der Waals surface area contributed by atoms with Crippen LogP contribution in [0.1, 0.15) is 88.9 Å². The van der Waals surface area contributed by atoms with Crippen molar-refractivity contribution >= 4 is 17.8 Å². The predicted octanol–water partition coefficient (Wildman–Crippen LogP) is 7.48. The largest absolute Gasteiger partial charge is 0.493 e. The summed E-state index contributed by atoms with van der Waals surface area (Å²) >= 11 is 0. The van der Waals surface area contributed by atoms with Crippen LogP contribution in [0.2, 0.25) is 0 Å². The third kappa shape index (κ3) is 9.87. The maximum atomic E-state index is 14.4. The fourth-order valence-electron chi connectivity index (χ4n) is 7.00. The number of hydrogen-bond donors (Lipinski definition) is 1. The number of carboxylic acid groups (broad SMARTS) is 1. The Labute approximate surface area is 284 Å². The number of hydrogen-bond acceptors (Lipinski definition) is 7. The molecule has 1 saturated heterocycles. The first kappa shape index (κ1) is 36.6. The van der Waals surface area contributed by atoms with E-state index in [4.69, 9.17) is 24.1 Å². The number of carbonyl (C=O) groups excluding carboxylic acids is 2. The molecule has 260 valence electrons. The number of ether oxygens (including phenoxy) is 4. The molecule has 3 unspecified atom stereocenters. The first-order valence-corrected chi connectivity index (χ1v) is 17.2. The van der Waals surface area contributed by atoms with E-state index in [1.807, 2.05) is 56.3 Å². The molecular weight excluding hydrogens is 610 g/mol. The first-order chi connectivity index (χ1) is 23.2. The van der Waals surface area contributed by atoms with Gasteiger partial charge in [0, 0.05) is 6.54 Å². The Morgan fingerprint density at radius 3 is 2.42 bits per heavy atom. The predicted molar refractivity (Wildman–Crippen MR) is 184 cm³/mol. The highest BCUT2D eigenvalue weighted by molar-refractivity contribution is 5.88. The van der Waals surface area contributed by atoms with Gasteiger partial charge in [0.2, 0.25) is 5.91 Å². The highest BCUT2D eigenvalue weighted by Gasteiger charge is 2.40. The molecule has 2 aromatic carbocycles. The van der Waals surface area contributed by atoms with Crippen LogP contribution in [0.3, 0.4) is 0 Å². The standard InChI is InChI=1S/C39H51NO8/c1-5-6-13-27(2)37(29-14-8-7-9-15-29)38(43)40-23-11-10-18-32(40)39(44)48-33(30-16-12-17-31(25-30)47-26-36(41)42)21-19-28-20-22-34(45-3)35(24-28)46-4/h5-6,12-13,16-17,20,22,24-25,29,32-33,37H,7-11,14-15,18-19,21,23,26H2,1-4H3,(H,41,42). The summed E-state index contributed by atoms with van der Waals surface area (Å²) in [5.41, 5.74) is 2.69. The van der Waals surface area contributed by atoms with Crippen molar-refractivity contribution in [2.75, 3.05) is 27.4 Å². The number of rotatable bonds is 15. The second kappa shape index (κ2) is 18.3. The van der Waals surface area contributed by atoms with Crippen molar-refractivity contribution in [1.82, 2.24) is 4.90 Å². The van der Waals surface area contributed by atoms with Gasteiger partial charge in [-0.3, -0.25) is 4.79 Å². The second-order valence-electron chi connectivity index (χ2n) is 12.8. The third-order valence-corrected chi connectivity index (χ3v) is 9.48. The van der Waals surface area contributed by atoms with Gasteiger partial charge in [-0.25, -0.2) is 9.59 Å². The summed E-state index contributed by atoms with van der Waals surface area (Å²) in [4.78, 5) is 41.5. The molecule has 1 saturated carbocycles. The third-order valence-electron chi connectivity index (χ3n) is 9.48. The highest BCUT2D eigenvalue weighted by atomic mass is 16.5. The fraction of sp³-hybridized carbons (Fsp3) is 0.513. The molecule has 4 rings (SSSR count). The van der Waals surface area contributed by atoms with Crippen molar-refractivity contribution in [2.24, 2.45) is 11.8 Å². The van der Waals surface area contributed by atoms with Gasteiger partial charge in [-0.05, 0) is 100 Å². The lowest BCUT2D eigenvalue weighted by molar-refractivity contribution is -0.163. The van der Waals surface area contributed by atoms with Crippen molar-refractivity contribution < 1.29 is 38.4 Å². The van der Waals surface area contributed by atoms with Gasteiger partial charge in [0.25, 0.3) is 0 Å². The van der Waals surface area contributed by atoms with Crippen molar-refractivity contribution in [3.63, 3.8) is 0 Å². The molecule has 1 amide bonds. The number of carboxylic acids is 1. The average Bonchev–Trinajstić information content (AvgIpc) is 3.11. The van der Waals surface area contributed by atoms with Crippen molar-refractivity contribution in [3.05, 3.63) is 77.4 Å². The molecule has 9 heteroatoms. The van der Waals surface area contributed by atoms with Crippen LogP contribution in [0.5, 0.6) is 17.2 Å². The van der Waals surface area contributed by atoms with E-state index >= 15 is 0 Å². The van der Waals surface area contributed by atoms with Crippen LogP contribution in [-0.2, 0) is 25.5 Å². The number of carbonyl (C=O) groups is 3. The minimum absolute atomic E-state index is 0.0211. The highest BCUT2D eigenvalue weighted by Crippen LogP contribution is 2.37. The molecule has 3 atom stereocenters. The molecule has 1 aliphatic heterocycles. The quantitative estimate of drug-likeness (QED) is 0.154. The summed E-state index contributed by atoms with van der Waals surface area (Å²) in [6, 6.07) is 12.0. The monoisotopic (exact) mass is 661 g/mol. The molecule has 9 nitrogen and oxygen atoms in total. The number of aliphatic carboxylic acids is 1. The maximum absolute atomic E-state index is 14.4. The Hall–Kier alpha value is -4.27. The van der Waals surface area contributed by atoms with Crippen LogP contribution in [0.15, 0.2) is 66.3 Å². The zero-order chi connectivity index (χ0) is 34.5. The maximum Gasteiger partial charge on any atom is 0.341 e. The minimum Gasteiger partial charge on any atom is -0.493 e. The summed E-state index contributed by atoms with van der Waals surface area (Å²) < 4.78 is 22.7. The number of likely N-dealkylation sites (tertiary alicyclic amines) is 1. The van der Waals surface area contributed by atoms with Crippen LogP contribution in [-0.4, -0.2) is 61.3 Å². The minimum atomic E-state index is -1.08. The first-order valence-electron chi connectivity index (χ1n) is 17.2. The lowest BCUT2D eigenvalue weighted by Gasteiger charge is -2.40. The number of aryl methyl sites for hydroxylation is 1. The van der Waals surface area contributed by atoms with Gasteiger partial charge in [-0.15, -0.1) is 0 Å². The van der Waals surface area contributed by atoms with Gasteiger partial charge < -0.3 is 29.0 Å². The van der Waals surface area contributed by atoms with Gasteiger partial charge >= 0.3 is 11.9 Å². The summed E-state index contributed by atoms with van der Waals surface area (Å²) in [7, 11) is 3.17. The number of allylic oxidation sites excluding steroid dienone is 3. The number of nitrogens with zero attached hydrogens (tertiary/aromatic N) is 1. The number of esters is 1. The van der Waals surface area contributed by atoms with Gasteiger partial charge in [-0.1, -0.05) is 61.3 Å². The Morgan fingerprint density at radius 2 is 1.71 bits per heavy atom. The molecule has 2 fully saturated rings. The number of amides is 1. The topological polar surface area (TPSA) is 112 Å². The van der Waals surface area contributed by atoms with E-state index in [2.05, 4.69) is 0 Å². The molecule has 0 spiro atoms. The van der Waals surface area contributed by atoms with E-state index in [1.165, 1.54) is 6.42 Å². The van der Waals surface area contributed by atoms with E-state index in [1.54, 1.807) is 37.3 Å². The van der Waals surface area contributed by atoms with Crippen LogP contribution in [0.4, 0.5) is 0 Å². The summed E-state index contributed by atoms with van der Waals surface area (Å²) in [5, 5.41) is 9.12. The summed E-state index contributed by atoms with van der Waals surface area (Å²) in [6.45, 7) is 4.04. The van der Waals surface area contributed by atoms with Crippen molar-refractivity contribution in [1.29, 1.82) is 0 Å². The molecule has 0 radical (unpaired) electrons. The smallest absolute Gasteiger partial charge is 0.341 e. The van der Waals surface area contributed by atoms with Gasteiger partial charge in [-0.2, -0.15) is 0 Å². The lowest BCUT2D eigenvalue weighted by atomic mass is 9.75. The van der Waals surface area contributed by atoms with Crippen LogP contribution < -0.4 is 14.2 Å². The fourth-order valence-corrected chi connectivity index (χ4v) is 7.00. The van der Waals surface area contributed by atoms with E-state index in [-0.39, 0.29) is 17.7 Å². The molecule has 1 heterocycles. The van der Waals surface area contributed by atoms with Crippen LogP contribution in [0, 0.1) is 11.8 Å². The van der Waals surface area contributed by atoms with Gasteiger partial charge in [0.05, 0.1) is 20.1 Å². The lowest BCUT2D eigenvalue weighted by Crippen LogP contribution is -2.52. The summed E-state index contributed by atoms with van der Waals surface area (Å²) in [5.74, 6) is 0.110. The Balaban J connectivity index is 1.60. The molecule has 1 N–H and O–H groups in total. The molecule has 48 heavy (non-hydrogen) atoms. The van der Waals surface area contributed by atoms with E-state index in [0.29, 0.717) is 48.6 Å². The van der Waals surface area contributed by atoms with Gasteiger partial charge in [0.15, 0.2) is 18.1 Å². The van der Waals surface area contributed by atoms with Crippen LogP contribution in [0.25, 0.3) is 0 Å². The normalized spacial score (nSPS) is 18.6. The number of methoxy groups -OCH3 is 2. The van der Waals surface area contributed by atoms with E-state index < -0.39 is 30.7 Å². The Kier molecular flexibility index (Phi) is 14.0. The Bertz CT molecular complexity index is 1440. The molecule has 1 aliphatic carbocycles. The number of piperidine rings is 1. The molecule has 2 aliphatic rings. The van der Waals surface area contributed by atoms with Crippen molar-refractivity contribution in [2.45, 2.75) is 90.2 Å².